The molecule has 28 heavy (non-hydrogen) atoms. The summed E-state index contributed by atoms with van der Waals surface area (Å²) < 4.78 is 11.5. The lowest BCUT2D eigenvalue weighted by molar-refractivity contribution is 0.411. The van der Waals surface area contributed by atoms with Crippen LogP contribution in [0.3, 0.4) is 0 Å². The second-order valence-electron chi connectivity index (χ2n) is 6.69. The van der Waals surface area contributed by atoms with E-state index in [2.05, 4.69) is 23.8 Å². The Morgan fingerprint density at radius 3 is 2.39 bits per heavy atom. The molecule has 0 unspecified atom stereocenters. The summed E-state index contributed by atoms with van der Waals surface area (Å²) in [6, 6.07) is 13.5. The number of ether oxygens (including phenoxy) is 2. The third kappa shape index (κ3) is 4.28. The van der Waals surface area contributed by atoms with Gasteiger partial charge in [0, 0.05) is 18.1 Å². The lowest BCUT2D eigenvalue weighted by Crippen LogP contribution is -2.08. The van der Waals surface area contributed by atoms with E-state index in [1.165, 1.54) is 0 Å². The van der Waals surface area contributed by atoms with Gasteiger partial charge in [-0.05, 0) is 17.5 Å². The first-order valence-corrected chi connectivity index (χ1v) is 9.28. The molecule has 0 aliphatic rings. The maximum atomic E-state index is 6.32. The number of nitrogens with two attached hydrogens (primary N) is 2. The van der Waals surface area contributed by atoms with Crippen molar-refractivity contribution < 1.29 is 9.47 Å². The molecule has 4 N–H and O–H groups in total. The molecule has 0 saturated heterocycles. The molecule has 2 aromatic carbocycles. The van der Waals surface area contributed by atoms with Crippen LogP contribution in [0.5, 0.6) is 17.2 Å². The predicted octanol–water partition coefficient (Wildman–Crippen LogP) is 4.81. The summed E-state index contributed by atoms with van der Waals surface area (Å²) in [4.78, 5) is 8.42. The highest BCUT2D eigenvalue weighted by molar-refractivity contribution is 6.32. The minimum absolute atomic E-state index is 0.104. The highest BCUT2D eigenvalue weighted by Gasteiger charge is 2.19. The van der Waals surface area contributed by atoms with E-state index in [4.69, 9.17) is 32.5 Å². The Balaban J connectivity index is 2.06. The molecule has 0 aliphatic carbocycles. The van der Waals surface area contributed by atoms with Crippen molar-refractivity contribution in [3.05, 3.63) is 64.3 Å². The molecule has 0 radical (unpaired) electrons. The van der Waals surface area contributed by atoms with E-state index in [1.54, 1.807) is 13.2 Å². The quantitative estimate of drug-likeness (QED) is 0.618. The van der Waals surface area contributed by atoms with Gasteiger partial charge in [-0.25, -0.2) is 4.98 Å². The SMILES string of the molecule is COc1cc(C(C)C)c(Oc2c(N)nc(N)nc2Cc2ccccc2)cc1Cl. The molecule has 0 spiro atoms. The molecular weight excluding hydrogens is 376 g/mol. The van der Waals surface area contributed by atoms with Crippen LogP contribution >= 0.6 is 11.6 Å². The summed E-state index contributed by atoms with van der Waals surface area (Å²) >= 11 is 6.32. The molecule has 0 amide bonds. The molecule has 0 saturated carbocycles. The first kappa shape index (κ1) is 19.8. The Morgan fingerprint density at radius 1 is 1.04 bits per heavy atom. The number of benzene rings is 2. The molecule has 0 fully saturated rings. The molecule has 146 valence electrons. The maximum absolute atomic E-state index is 6.32. The molecule has 3 rings (SSSR count). The van der Waals surface area contributed by atoms with Gasteiger partial charge >= 0.3 is 0 Å². The number of aromatic nitrogens is 2. The zero-order valence-electron chi connectivity index (χ0n) is 16.1. The number of methoxy groups -OCH3 is 1. The second-order valence-corrected chi connectivity index (χ2v) is 7.09. The fraction of sp³-hybridized carbons (Fsp3) is 0.238. The van der Waals surface area contributed by atoms with E-state index in [0.29, 0.717) is 34.4 Å². The van der Waals surface area contributed by atoms with Gasteiger partial charge in [0.25, 0.3) is 0 Å². The summed E-state index contributed by atoms with van der Waals surface area (Å²) in [5, 5.41) is 0.446. The molecule has 0 atom stereocenters. The summed E-state index contributed by atoms with van der Waals surface area (Å²) in [5.41, 5.74) is 14.5. The van der Waals surface area contributed by atoms with Gasteiger partial charge in [-0.3, -0.25) is 0 Å². The van der Waals surface area contributed by atoms with Crippen LogP contribution in [0.15, 0.2) is 42.5 Å². The summed E-state index contributed by atoms with van der Waals surface area (Å²) in [5.74, 6) is 2.00. The number of rotatable bonds is 6. The summed E-state index contributed by atoms with van der Waals surface area (Å²) in [7, 11) is 1.58. The van der Waals surface area contributed by atoms with Crippen molar-refractivity contribution in [3.63, 3.8) is 0 Å². The van der Waals surface area contributed by atoms with Gasteiger partial charge in [0.05, 0.1) is 17.8 Å². The van der Waals surface area contributed by atoms with Crippen molar-refractivity contribution in [2.75, 3.05) is 18.6 Å². The van der Waals surface area contributed by atoms with Crippen molar-refractivity contribution in [1.82, 2.24) is 9.97 Å². The molecule has 0 aliphatic heterocycles. The van der Waals surface area contributed by atoms with Gasteiger partial charge in [-0.1, -0.05) is 55.8 Å². The van der Waals surface area contributed by atoms with Crippen molar-refractivity contribution in [2.45, 2.75) is 26.2 Å². The molecule has 7 heteroatoms. The normalized spacial score (nSPS) is 10.9. The summed E-state index contributed by atoms with van der Waals surface area (Å²) in [6.07, 6.45) is 0.508. The number of hydrogen-bond donors (Lipinski definition) is 2. The minimum atomic E-state index is 0.104. The number of nitrogen functional groups attached to an aromatic ring is 2. The second kappa shape index (κ2) is 8.35. The van der Waals surface area contributed by atoms with Gasteiger partial charge in [0.2, 0.25) is 5.95 Å². The fourth-order valence-corrected chi connectivity index (χ4v) is 3.14. The average molecular weight is 399 g/mol. The van der Waals surface area contributed by atoms with Crippen LogP contribution in [-0.4, -0.2) is 17.1 Å². The largest absolute Gasteiger partial charge is 0.495 e. The maximum Gasteiger partial charge on any atom is 0.222 e. The Bertz CT molecular complexity index is 978. The molecule has 0 bridgehead atoms. The van der Waals surface area contributed by atoms with E-state index in [0.717, 1.165) is 11.1 Å². The number of hydrogen-bond acceptors (Lipinski definition) is 6. The third-order valence-electron chi connectivity index (χ3n) is 4.31. The lowest BCUT2D eigenvalue weighted by atomic mass is 10.0. The van der Waals surface area contributed by atoms with E-state index in [-0.39, 0.29) is 17.7 Å². The van der Waals surface area contributed by atoms with Crippen LogP contribution in [0, 0.1) is 0 Å². The van der Waals surface area contributed by atoms with Crippen molar-refractivity contribution in [2.24, 2.45) is 0 Å². The first-order chi connectivity index (χ1) is 13.4. The molecule has 1 heterocycles. The fourth-order valence-electron chi connectivity index (χ4n) is 2.91. The Morgan fingerprint density at radius 2 is 1.75 bits per heavy atom. The Hall–Kier alpha value is -2.99. The van der Waals surface area contributed by atoms with Crippen LogP contribution in [0.25, 0.3) is 0 Å². The topological polar surface area (TPSA) is 96.3 Å². The van der Waals surface area contributed by atoms with Gasteiger partial charge in [-0.15, -0.1) is 0 Å². The first-order valence-electron chi connectivity index (χ1n) is 8.90. The summed E-state index contributed by atoms with van der Waals surface area (Å²) in [6.45, 7) is 4.12. The zero-order valence-corrected chi connectivity index (χ0v) is 16.8. The van der Waals surface area contributed by atoms with Crippen LogP contribution < -0.4 is 20.9 Å². The molecule has 6 nitrogen and oxygen atoms in total. The molecule has 3 aromatic rings. The number of halogens is 1. The lowest BCUT2D eigenvalue weighted by Gasteiger charge is -2.18. The van der Waals surface area contributed by atoms with Gasteiger partial charge in [0.15, 0.2) is 11.6 Å². The van der Waals surface area contributed by atoms with Crippen LogP contribution in [0.4, 0.5) is 11.8 Å². The van der Waals surface area contributed by atoms with E-state index >= 15 is 0 Å². The average Bonchev–Trinajstić information content (AvgIpc) is 2.65. The molecular formula is C21H23ClN4O2. The predicted molar refractivity (Wildman–Crippen MR) is 112 cm³/mol. The van der Waals surface area contributed by atoms with E-state index in [1.807, 2.05) is 36.4 Å². The number of nitrogens with zero attached hydrogens (tertiary/aromatic N) is 2. The van der Waals surface area contributed by atoms with Gasteiger partial charge in [0.1, 0.15) is 11.5 Å². The standard InChI is InChI=1S/C21H23ClN4O2/c1-12(2)14-10-18(27-3)15(22)11-17(14)28-19-16(25-21(24)26-20(19)23)9-13-7-5-4-6-8-13/h4-8,10-12H,9H2,1-3H3,(H4,23,24,25,26). The van der Waals surface area contributed by atoms with Crippen LogP contribution in [-0.2, 0) is 6.42 Å². The van der Waals surface area contributed by atoms with Crippen LogP contribution in [0.1, 0.15) is 36.6 Å². The Labute approximate surface area is 169 Å². The monoisotopic (exact) mass is 398 g/mol. The van der Waals surface area contributed by atoms with Crippen LogP contribution in [0.2, 0.25) is 5.02 Å². The molecule has 1 aromatic heterocycles. The smallest absolute Gasteiger partial charge is 0.222 e. The van der Waals surface area contributed by atoms with Crippen molar-refractivity contribution in [1.29, 1.82) is 0 Å². The highest BCUT2D eigenvalue weighted by Crippen LogP contribution is 2.40. The highest BCUT2D eigenvalue weighted by atomic mass is 35.5. The van der Waals surface area contributed by atoms with E-state index in [9.17, 15) is 0 Å². The number of anilines is 2. The van der Waals surface area contributed by atoms with Gasteiger partial charge in [-0.2, -0.15) is 4.98 Å². The van der Waals surface area contributed by atoms with Crippen molar-refractivity contribution in [3.8, 4) is 17.2 Å². The zero-order chi connectivity index (χ0) is 20.3. The minimum Gasteiger partial charge on any atom is -0.495 e. The van der Waals surface area contributed by atoms with E-state index < -0.39 is 0 Å². The van der Waals surface area contributed by atoms with Crippen molar-refractivity contribution >= 4 is 23.4 Å². The van der Waals surface area contributed by atoms with Gasteiger partial charge < -0.3 is 20.9 Å². The Kier molecular flexibility index (Phi) is 5.90. The third-order valence-corrected chi connectivity index (χ3v) is 4.61.